The van der Waals surface area contributed by atoms with E-state index >= 15 is 0 Å². The number of halogens is 1. The Hall–Kier alpha value is -2.23. The average molecular weight is 213 g/mol. The maximum atomic E-state index is 13.1. The lowest BCUT2D eigenvalue weighted by Crippen LogP contribution is -1.83. The van der Waals surface area contributed by atoms with Gasteiger partial charge in [-0.2, -0.15) is 0 Å². The minimum absolute atomic E-state index is 0.262. The standard InChI is InChI=1S/C12H8FN3/c13-10-4-1-3-9(7-10)11-8-16-6-2-5-14-12(16)15-11/h1-8H. The molecule has 0 saturated heterocycles. The smallest absolute Gasteiger partial charge is 0.234 e. The third-order valence-corrected chi connectivity index (χ3v) is 2.36. The second kappa shape index (κ2) is 3.41. The zero-order chi connectivity index (χ0) is 11.0. The molecule has 1 aromatic carbocycles. The number of hydrogen-bond acceptors (Lipinski definition) is 2. The van der Waals surface area contributed by atoms with Gasteiger partial charge in [-0.1, -0.05) is 12.1 Å². The molecule has 78 valence electrons. The van der Waals surface area contributed by atoms with Crippen LogP contribution < -0.4 is 0 Å². The van der Waals surface area contributed by atoms with Crippen LogP contribution in [0.4, 0.5) is 4.39 Å². The van der Waals surface area contributed by atoms with Crippen molar-refractivity contribution >= 4 is 5.78 Å². The Kier molecular flexibility index (Phi) is 1.93. The molecule has 0 unspecified atom stereocenters. The summed E-state index contributed by atoms with van der Waals surface area (Å²) in [6.45, 7) is 0. The molecular formula is C12H8FN3. The fourth-order valence-corrected chi connectivity index (χ4v) is 1.62. The van der Waals surface area contributed by atoms with Gasteiger partial charge in [-0.05, 0) is 18.2 Å². The van der Waals surface area contributed by atoms with Crippen LogP contribution in [0.1, 0.15) is 0 Å². The highest BCUT2D eigenvalue weighted by atomic mass is 19.1. The molecule has 16 heavy (non-hydrogen) atoms. The van der Waals surface area contributed by atoms with E-state index < -0.39 is 0 Å². The van der Waals surface area contributed by atoms with Crippen molar-refractivity contribution in [3.8, 4) is 11.3 Å². The lowest BCUT2D eigenvalue weighted by molar-refractivity contribution is 0.628. The third kappa shape index (κ3) is 1.44. The van der Waals surface area contributed by atoms with E-state index in [9.17, 15) is 4.39 Å². The van der Waals surface area contributed by atoms with Crippen molar-refractivity contribution in [1.82, 2.24) is 14.4 Å². The summed E-state index contributed by atoms with van der Waals surface area (Å²) in [6, 6.07) is 8.19. The first kappa shape index (κ1) is 9.03. The molecule has 2 aromatic heterocycles. The molecule has 0 atom stereocenters. The van der Waals surface area contributed by atoms with E-state index in [1.165, 1.54) is 12.1 Å². The second-order valence-corrected chi connectivity index (χ2v) is 3.46. The fraction of sp³-hybridized carbons (Fsp3) is 0. The highest BCUT2D eigenvalue weighted by molar-refractivity contribution is 5.61. The van der Waals surface area contributed by atoms with E-state index in [2.05, 4.69) is 9.97 Å². The van der Waals surface area contributed by atoms with Gasteiger partial charge in [0.2, 0.25) is 5.78 Å². The van der Waals surface area contributed by atoms with E-state index in [1.54, 1.807) is 16.7 Å². The van der Waals surface area contributed by atoms with Gasteiger partial charge in [0.1, 0.15) is 5.82 Å². The van der Waals surface area contributed by atoms with Gasteiger partial charge in [-0.3, -0.25) is 4.40 Å². The van der Waals surface area contributed by atoms with Gasteiger partial charge in [-0.25, -0.2) is 14.4 Å². The molecule has 0 aliphatic rings. The van der Waals surface area contributed by atoms with Crippen molar-refractivity contribution in [2.45, 2.75) is 0 Å². The normalized spacial score (nSPS) is 10.8. The third-order valence-electron chi connectivity index (χ3n) is 2.36. The van der Waals surface area contributed by atoms with Crippen LogP contribution in [0.2, 0.25) is 0 Å². The lowest BCUT2D eigenvalue weighted by atomic mass is 10.2. The van der Waals surface area contributed by atoms with Crippen molar-refractivity contribution in [3.05, 3.63) is 54.7 Å². The van der Waals surface area contributed by atoms with Crippen LogP contribution in [0.3, 0.4) is 0 Å². The van der Waals surface area contributed by atoms with Gasteiger partial charge >= 0.3 is 0 Å². The average Bonchev–Trinajstić information content (AvgIpc) is 2.72. The molecule has 0 amide bonds. The first-order valence-electron chi connectivity index (χ1n) is 4.88. The van der Waals surface area contributed by atoms with E-state index in [0.717, 1.165) is 11.3 Å². The van der Waals surface area contributed by atoms with Crippen LogP contribution in [-0.4, -0.2) is 14.4 Å². The van der Waals surface area contributed by atoms with Gasteiger partial charge < -0.3 is 0 Å². The Morgan fingerprint density at radius 1 is 1.19 bits per heavy atom. The van der Waals surface area contributed by atoms with E-state index in [4.69, 9.17) is 0 Å². The molecule has 0 radical (unpaired) electrons. The number of imidazole rings is 1. The summed E-state index contributed by atoms with van der Waals surface area (Å²) in [5, 5.41) is 0. The summed E-state index contributed by atoms with van der Waals surface area (Å²) >= 11 is 0. The van der Waals surface area contributed by atoms with Gasteiger partial charge in [0.15, 0.2) is 0 Å². The number of benzene rings is 1. The first-order valence-corrected chi connectivity index (χ1v) is 4.88. The molecule has 0 aliphatic carbocycles. The largest absolute Gasteiger partial charge is 0.291 e. The van der Waals surface area contributed by atoms with Crippen molar-refractivity contribution in [3.63, 3.8) is 0 Å². The minimum atomic E-state index is -0.262. The lowest BCUT2D eigenvalue weighted by Gasteiger charge is -1.94. The second-order valence-electron chi connectivity index (χ2n) is 3.46. The summed E-state index contributed by atoms with van der Waals surface area (Å²) in [5.41, 5.74) is 1.48. The van der Waals surface area contributed by atoms with Crippen LogP contribution in [-0.2, 0) is 0 Å². The monoisotopic (exact) mass is 213 g/mol. The van der Waals surface area contributed by atoms with Crippen LogP contribution in [0.15, 0.2) is 48.9 Å². The number of nitrogens with zero attached hydrogens (tertiary/aromatic N) is 3. The number of fused-ring (bicyclic) bond motifs is 1. The van der Waals surface area contributed by atoms with Crippen molar-refractivity contribution in [2.24, 2.45) is 0 Å². The van der Waals surface area contributed by atoms with Crippen LogP contribution in [0.5, 0.6) is 0 Å². The Morgan fingerprint density at radius 3 is 2.94 bits per heavy atom. The summed E-state index contributed by atoms with van der Waals surface area (Å²) in [4.78, 5) is 8.42. The van der Waals surface area contributed by atoms with Gasteiger partial charge in [0.05, 0.1) is 5.69 Å². The number of rotatable bonds is 1. The molecule has 3 rings (SSSR count). The van der Waals surface area contributed by atoms with Crippen molar-refractivity contribution in [2.75, 3.05) is 0 Å². The zero-order valence-electron chi connectivity index (χ0n) is 8.34. The maximum Gasteiger partial charge on any atom is 0.234 e. The van der Waals surface area contributed by atoms with Crippen molar-refractivity contribution < 1.29 is 4.39 Å². The Morgan fingerprint density at radius 2 is 2.12 bits per heavy atom. The first-order chi connectivity index (χ1) is 7.83. The molecule has 3 aromatic rings. The van der Waals surface area contributed by atoms with Gasteiger partial charge in [0.25, 0.3) is 0 Å². The molecule has 0 saturated carbocycles. The van der Waals surface area contributed by atoms with Crippen LogP contribution in [0, 0.1) is 5.82 Å². The fourth-order valence-electron chi connectivity index (χ4n) is 1.62. The molecule has 0 fully saturated rings. The summed E-state index contributed by atoms with van der Waals surface area (Å²) in [6.07, 6.45) is 5.37. The maximum absolute atomic E-state index is 13.1. The Balaban J connectivity index is 2.19. The zero-order valence-corrected chi connectivity index (χ0v) is 8.34. The molecular weight excluding hydrogens is 205 g/mol. The quantitative estimate of drug-likeness (QED) is 0.621. The highest BCUT2D eigenvalue weighted by Gasteiger charge is 2.04. The molecule has 2 heterocycles. The highest BCUT2D eigenvalue weighted by Crippen LogP contribution is 2.18. The molecule has 0 bridgehead atoms. The SMILES string of the molecule is Fc1cccc(-c2cn3cccnc3n2)c1. The van der Waals surface area contributed by atoms with E-state index in [-0.39, 0.29) is 5.82 Å². The van der Waals surface area contributed by atoms with E-state index in [1.807, 2.05) is 24.5 Å². The van der Waals surface area contributed by atoms with Gasteiger partial charge in [0, 0.05) is 24.2 Å². The Labute approximate surface area is 91.2 Å². The molecule has 3 nitrogen and oxygen atoms in total. The summed E-state index contributed by atoms with van der Waals surface area (Å²) in [7, 11) is 0. The molecule has 0 N–H and O–H groups in total. The molecule has 4 heteroatoms. The molecule has 0 aliphatic heterocycles. The Bertz CT molecular complexity index is 612. The topological polar surface area (TPSA) is 30.2 Å². The summed E-state index contributed by atoms with van der Waals surface area (Å²) < 4.78 is 14.9. The van der Waals surface area contributed by atoms with Crippen molar-refractivity contribution in [1.29, 1.82) is 0 Å². The molecule has 0 spiro atoms. The van der Waals surface area contributed by atoms with Crippen LogP contribution in [0.25, 0.3) is 17.0 Å². The number of aromatic nitrogens is 3. The predicted molar refractivity (Wildman–Crippen MR) is 58.4 cm³/mol. The van der Waals surface area contributed by atoms with Crippen LogP contribution >= 0.6 is 0 Å². The predicted octanol–water partition coefficient (Wildman–Crippen LogP) is 2.54. The van der Waals surface area contributed by atoms with E-state index in [0.29, 0.717) is 5.78 Å². The number of hydrogen-bond donors (Lipinski definition) is 0. The van der Waals surface area contributed by atoms with Gasteiger partial charge in [-0.15, -0.1) is 0 Å². The minimum Gasteiger partial charge on any atom is -0.291 e. The summed E-state index contributed by atoms with van der Waals surface area (Å²) in [5.74, 6) is 0.351.